The van der Waals surface area contributed by atoms with Crippen molar-refractivity contribution in [3.63, 3.8) is 0 Å². The second kappa shape index (κ2) is 4.49. The summed E-state index contributed by atoms with van der Waals surface area (Å²) < 4.78 is 0. The predicted octanol–water partition coefficient (Wildman–Crippen LogP) is 1.80. The maximum absolute atomic E-state index is 3.91. The van der Waals surface area contributed by atoms with Gasteiger partial charge in [-0.25, -0.2) is 0 Å². The molecule has 1 aliphatic rings. The molecule has 0 amide bonds. The van der Waals surface area contributed by atoms with Gasteiger partial charge >= 0.3 is 0 Å². The van der Waals surface area contributed by atoms with Gasteiger partial charge in [-0.3, -0.25) is 0 Å². The minimum Gasteiger partial charge on any atom is -0.0883 e. The molecule has 42 valence electrons. The number of hydrogen-bond donors (Lipinski definition) is 0. The molecule has 0 saturated heterocycles. The van der Waals surface area contributed by atoms with E-state index in [4.69, 9.17) is 0 Å². The van der Waals surface area contributed by atoms with Gasteiger partial charge in [-0.1, -0.05) is 12.2 Å². The first kappa shape index (κ1) is 8.61. The van der Waals surface area contributed by atoms with Crippen molar-refractivity contribution in [2.24, 2.45) is 5.92 Å². The van der Waals surface area contributed by atoms with E-state index in [1.807, 2.05) is 0 Å². The van der Waals surface area contributed by atoms with Crippen molar-refractivity contribution in [2.75, 3.05) is 0 Å². The van der Waals surface area contributed by atoms with Gasteiger partial charge in [-0.15, -0.1) is 0 Å². The summed E-state index contributed by atoms with van der Waals surface area (Å²) in [6.45, 7) is 3.91. The largest absolute Gasteiger partial charge is 0.0883 e. The van der Waals surface area contributed by atoms with Crippen molar-refractivity contribution in [3.05, 3.63) is 19.1 Å². The van der Waals surface area contributed by atoms with Gasteiger partial charge in [0.1, 0.15) is 0 Å². The van der Waals surface area contributed by atoms with Crippen molar-refractivity contribution in [1.29, 1.82) is 0 Å². The molecule has 0 fully saturated rings. The van der Waals surface area contributed by atoms with Crippen LogP contribution in [-0.2, 0) is 0 Å². The standard InChI is InChI=1S/C7H11.In/c1-7-5-3-2-4-6-7;/h3,5,7H,1-2,4,6H2;. The first-order valence-corrected chi connectivity index (χ1v) is 2.89. The topological polar surface area (TPSA) is 0 Å². The molecule has 0 aromatic rings. The summed E-state index contributed by atoms with van der Waals surface area (Å²) in [5, 5.41) is 0. The van der Waals surface area contributed by atoms with Crippen LogP contribution in [0.5, 0.6) is 0 Å². The van der Waals surface area contributed by atoms with E-state index < -0.39 is 0 Å². The average Bonchev–Trinajstić information content (AvgIpc) is 1.69. The van der Waals surface area contributed by atoms with Crippen molar-refractivity contribution >= 4 is 25.8 Å². The predicted molar refractivity (Wildman–Crippen MR) is 37.6 cm³/mol. The Morgan fingerprint density at radius 1 is 1.50 bits per heavy atom. The minimum atomic E-state index is 0. The molecule has 0 aromatic heterocycles. The summed E-state index contributed by atoms with van der Waals surface area (Å²) in [6.07, 6.45) is 8.32. The second-order valence-electron chi connectivity index (χ2n) is 2.12. The van der Waals surface area contributed by atoms with E-state index in [-0.39, 0.29) is 25.8 Å². The first-order valence-electron chi connectivity index (χ1n) is 2.89. The number of hydrogen-bond acceptors (Lipinski definition) is 0. The fourth-order valence-electron chi connectivity index (χ4n) is 0.883. The molecule has 0 aromatic carbocycles. The van der Waals surface area contributed by atoms with E-state index >= 15 is 0 Å². The Bertz CT molecular complexity index is 76.5. The molecule has 4 radical (unpaired) electrons. The first-order chi connectivity index (χ1) is 3.39. The van der Waals surface area contributed by atoms with Gasteiger partial charge in [0.25, 0.3) is 0 Å². The zero-order valence-electron chi connectivity index (χ0n) is 5.14. The zero-order valence-corrected chi connectivity index (χ0v) is 8.43. The summed E-state index contributed by atoms with van der Waals surface area (Å²) in [5.41, 5.74) is 0. The monoisotopic (exact) mass is 210 g/mol. The van der Waals surface area contributed by atoms with E-state index in [1.54, 1.807) is 0 Å². The fourth-order valence-corrected chi connectivity index (χ4v) is 0.883. The van der Waals surface area contributed by atoms with Crippen LogP contribution < -0.4 is 0 Å². The van der Waals surface area contributed by atoms with E-state index in [0.29, 0.717) is 5.92 Å². The van der Waals surface area contributed by atoms with Crippen molar-refractivity contribution < 1.29 is 0 Å². The molecular formula is C7H11In. The third-order valence-corrected chi connectivity index (χ3v) is 1.35. The second-order valence-corrected chi connectivity index (χ2v) is 2.12. The molecule has 0 bridgehead atoms. The van der Waals surface area contributed by atoms with Crippen molar-refractivity contribution in [2.45, 2.75) is 19.3 Å². The Hall–Kier alpha value is 0.610. The van der Waals surface area contributed by atoms with Gasteiger partial charge in [0.2, 0.25) is 0 Å². The molecular weight excluding hydrogens is 199 g/mol. The fraction of sp³-hybridized carbons (Fsp3) is 0.571. The Morgan fingerprint density at radius 2 is 2.25 bits per heavy atom. The number of rotatable bonds is 0. The quantitative estimate of drug-likeness (QED) is 0.534. The Balaban J connectivity index is 0.000000490. The van der Waals surface area contributed by atoms with E-state index in [1.165, 1.54) is 19.3 Å². The maximum Gasteiger partial charge on any atom is 0 e. The van der Waals surface area contributed by atoms with Gasteiger partial charge in [0, 0.05) is 25.8 Å². The molecule has 1 aliphatic carbocycles. The molecule has 0 N–H and O–H groups in total. The number of allylic oxidation sites excluding steroid dienone is 2. The van der Waals surface area contributed by atoms with E-state index in [9.17, 15) is 0 Å². The normalized spacial score (nSPS) is 26.9. The SMILES string of the molecule is [CH2]C1C=CCCC1.[In]. The van der Waals surface area contributed by atoms with Crippen molar-refractivity contribution in [1.82, 2.24) is 0 Å². The molecule has 1 heteroatoms. The molecule has 0 nitrogen and oxygen atoms in total. The maximum atomic E-state index is 3.91. The Morgan fingerprint density at radius 3 is 2.50 bits per heavy atom. The molecule has 1 atom stereocenters. The van der Waals surface area contributed by atoms with E-state index in [2.05, 4.69) is 19.1 Å². The third kappa shape index (κ3) is 2.81. The van der Waals surface area contributed by atoms with Gasteiger partial charge in [-0.2, -0.15) is 0 Å². The van der Waals surface area contributed by atoms with Gasteiger partial charge in [-0.05, 0) is 32.1 Å². The van der Waals surface area contributed by atoms with E-state index in [0.717, 1.165) is 0 Å². The Labute approximate surface area is 70.1 Å². The summed E-state index contributed by atoms with van der Waals surface area (Å²) in [7, 11) is 0. The zero-order chi connectivity index (χ0) is 5.11. The van der Waals surface area contributed by atoms with Crippen LogP contribution in [0.3, 0.4) is 0 Å². The molecule has 0 spiro atoms. The Kier molecular flexibility index (Phi) is 4.83. The van der Waals surface area contributed by atoms with Crippen LogP contribution in [-0.4, -0.2) is 25.8 Å². The molecule has 1 rings (SSSR count). The van der Waals surface area contributed by atoms with Crippen LogP contribution in [0, 0.1) is 12.8 Å². The molecule has 0 aliphatic heterocycles. The summed E-state index contributed by atoms with van der Waals surface area (Å²) in [5.74, 6) is 0.605. The van der Waals surface area contributed by atoms with Crippen LogP contribution in [0.2, 0.25) is 0 Å². The van der Waals surface area contributed by atoms with Gasteiger partial charge < -0.3 is 0 Å². The van der Waals surface area contributed by atoms with Crippen LogP contribution in [0.25, 0.3) is 0 Å². The van der Waals surface area contributed by atoms with Crippen LogP contribution in [0.4, 0.5) is 0 Å². The van der Waals surface area contributed by atoms with Crippen LogP contribution >= 0.6 is 0 Å². The van der Waals surface area contributed by atoms with Crippen LogP contribution in [0.15, 0.2) is 12.2 Å². The summed E-state index contributed by atoms with van der Waals surface area (Å²) >= 11 is 0. The molecule has 0 saturated carbocycles. The van der Waals surface area contributed by atoms with Crippen molar-refractivity contribution in [3.8, 4) is 0 Å². The average molecular weight is 210 g/mol. The third-order valence-electron chi connectivity index (χ3n) is 1.35. The summed E-state index contributed by atoms with van der Waals surface area (Å²) in [6, 6.07) is 0. The molecule has 8 heavy (non-hydrogen) atoms. The van der Waals surface area contributed by atoms with Gasteiger partial charge in [0.05, 0.1) is 0 Å². The molecule has 0 heterocycles. The van der Waals surface area contributed by atoms with Crippen LogP contribution in [0.1, 0.15) is 19.3 Å². The molecule has 1 unspecified atom stereocenters. The van der Waals surface area contributed by atoms with Gasteiger partial charge in [0.15, 0.2) is 0 Å². The smallest absolute Gasteiger partial charge is 0 e. The summed E-state index contributed by atoms with van der Waals surface area (Å²) in [4.78, 5) is 0. The minimum absolute atomic E-state index is 0.